The van der Waals surface area contributed by atoms with Crippen LogP contribution in [0.1, 0.15) is 25.3 Å². The van der Waals surface area contributed by atoms with Crippen LogP contribution in [0.4, 0.5) is 0 Å². The fraction of sp³-hybridized carbons (Fsp3) is 0.611. The number of sulfonamides is 1. The van der Waals surface area contributed by atoms with E-state index in [1.165, 1.54) is 11.4 Å². The lowest BCUT2D eigenvalue weighted by Gasteiger charge is -2.31. The first-order chi connectivity index (χ1) is 12.3. The minimum atomic E-state index is -3.65. The van der Waals surface area contributed by atoms with E-state index in [2.05, 4.69) is 5.32 Å². The Balaban J connectivity index is 2.05. The van der Waals surface area contributed by atoms with E-state index in [4.69, 9.17) is 9.47 Å². The van der Waals surface area contributed by atoms with Crippen LogP contribution in [0, 0.1) is 12.8 Å². The highest BCUT2D eigenvalue weighted by molar-refractivity contribution is 7.89. The molecule has 0 aromatic heterocycles. The molecule has 1 amide bonds. The van der Waals surface area contributed by atoms with Crippen molar-refractivity contribution in [2.45, 2.75) is 37.6 Å². The zero-order valence-electron chi connectivity index (χ0n) is 15.8. The van der Waals surface area contributed by atoms with Crippen LogP contribution in [0.15, 0.2) is 23.1 Å². The number of benzene rings is 1. The largest absolute Gasteiger partial charge is 0.495 e. The highest BCUT2D eigenvalue weighted by Gasteiger charge is 2.34. The zero-order valence-corrected chi connectivity index (χ0v) is 16.6. The van der Waals surface area contributed by atoms with Gasteiger partial charge in [-0.1, -0.05) is 6.07 Å². The Hall–Kier alpha value is -1.64. The molecule has 1 aliphatic heterocycles. The molecule has 1 aromatic carbocycles. The summed E-state index contributed by atoms with van der Waals surface area (Å²) in [5, 5.41) is 2.91. The third-order valence-electron chi connectivity index (χ3n) is 4.57. The van der Waals surface area contributed by atoms with Crippen LogP contribution in [-0.4, -0.2) is 58.6 Å². The summed E-state index contributed by atoms with van der Waals surface area (Å²) in [4.78, 5) is 12.5. The maximum Gasteiger partial charge on any atom is 0.246 e. The molecule has 1 heterocycles. The summed E-state index contributed by atoms with van der Waals surface area (Å²) >= 11 is 0. The average molecular weight is 384 g/mol. The first-order valence-corrected chi connectivity index (χ1v) is 10.2. The molecule has 0 spiro atoms. The highest BCUT2D eigenvalue weighted by Crippen LogP contribution is 2.30. The first-order valence-electron chi connectivity index (χ1n) is 8.73. The van der Waals surface area contributed by atoms with E-state index in [-0.39, 0.29) is 22.8 Å². The number of nitrogens with zero attached hydrogens (tertiary/aromatic N) is 1. The van der Waals surface area contributed by atoms with Crippen LogP contribution in [0.25, 0.3) is 0 Å². The molecule has 0 unspecified atom stereocenters. The number of amides is 1. The Bertz CT molecular complexity index is 727. The third-order valence-corrected chi connectivity index (χ3v) is 6.49. The fourth-order valence-corrected chi connectivity index (χ4v) is 4.85. The van der Waals surface area contributed by atoms with Gasteiger partial charge in [0.25, 0.3) is 0 Å². The van der Waals surface area contributed by atoms with Crippen molar-refractivity contribution in [3.8, 4) is 5.75 Å². The lowest BCUT2D eigenvalue weighted by atomic mass is 9.97. The SMILES string of the molecule is COC[C@@H](C)NC(=O)C1CCN(S(=O)(=O)c2cc(C)ccc2OC)CC1. The maximum atomic E-state index is 13.0. The Kier molecular flexibility index (Phi) is 7.02. The number of carbonyl (C=O) groups excluding carboxylic acids is 1. The zero-order chi connectivity index (χ0) is 19.3. The fourth-order valence-electron chi connectivity index (χ4n) is 3.14. The quantitative estimate of drug-likeness (QED) is 0.771. The minimum Gasteiger partial charge on any atom is -0.495 e. The van der Waals surface area contributed by atoms with Crippen molar-refractivity contribution < 1.29 is 22.7 Å². The molecule has 1 N–H and O–H groups in total. The van der Waals surface area contributed by atoms with Gasteiger partial charge in [-0.25, -0.2) is 8.42 Å². The summed E-state index contributed by atoms with van der Waals surface area (Å²) in [6.45, 7) is 4.81. The van der Waals surface area contributed by atoms with Gasteiger partial charge in [0.2, 0.25) is 15.9 Å². The summed E-state index contributed by atoms with van der Waals surface area (Å²) < 4.78 is 37.7. The first kappa shape index (κ1) is 20.7. The lowest BCUT2D eigenvalue weighted by molar-refractivity contribution is -0.127. The molecule has 1 fully saturated rings. The summed E-state index contributed by atoms with van der Waals surface area (Å²) in [5.41, 5.74) is 0.853. The van der Waals surface area contributed by atoms with Gasteiger partial charge in [-0.15, -0.1) is 0 Å². The van der Waals surface area contributed by atoms with Crippen molar-refractivity contribution in [2.24, 2.45) is 5.92 Å². The average Bonchev–Trinajstić information content (AvgIpc) is 2.62. The van der Waals surface area contributed by atoms with Crippen molar-refractivity contribution in [3.05, 3.63) is 23.8 Å². The molecule has 146 valence electrons. The molecular formula is C18H28N2O5S. The second-order valence-electron chi connectivity index (χ2n) is 6.70. The van der Waals surface area contributed by atoms with E-state index in [0.29, 0.717) is 38.3 Å². The summed E-state index contributed by atoms with van der Waals surface area (Å²) in [5.74, 6) is 0.115. The number of ether oxygens (including phenoxy) is 2. The van der Waals surface area contributed by atoms with Gasteiger partial charge in [0.15, 0.2) is 0 Å². The molecule has 0 saturated carbocycles. The van der Waals surface area contributed by atoms with E-state index in [1.54, 1.807) is 19.2 Å². The molecule has 1 aliphatic rings. The molecule has 0 radical (unpaired) electrons. The van der Waals surface area contributed by atoms with Gasteiger partial charge in [-0.05, 0) is 44.4 Å². The molecule has 26 heavy (non-hydrogen) atoms. The van der Waals surface area contributed by atoms with Crippen molar-refractivity contribution in [1.82, 2.24) is 9.62 Å². The molecule has 1 atom stereocenters. The molecular weight excluding hydrogens is 356 g/mol. The normalized spacial score (nSPS) is 17.7. The monoisotopic (exact) mass is 384 g/mol. The van der Waals surface area contributed by atoms with E-state index in [9.17, 15) is 13.2 Å². The van der Waals surface area contributed by atoms with Crippen LogP contribution < -0.4 is 10.1 Å². The van der Waals surface area contributed by atoms with Crippen molar-refractivity contribution in [3.63, 3.8) is 0 Å². The number of hydrogen-bond acceptors (Lipinski definition) is 5. The predicted molar refractivity (Wildman–Crippen MR) is 98.7 cm³/mol. The van der Waals surface area contributed by atoms with Gasteiger partial charge in [-0.2, -0.15) is 4.31 Å². The van der Waals surface area contributed by atoms with E-state index < -0.39 is 10.0 Å². The number of carbonyl (C=O) groups is 1. The summed E-state index contributed by atoms with van der Waals surface area (Å²) in [7, 11) is -0.603. The molecule has 0 bridgehead atoms. The minimum absolute atomic E-state index is 0.0419. The van der Waals surface area contributed by atoms with Gasteiger partial charge < -0.3 is 14.8 Å². The number of methoxy groups -OCH3 is 2. The third kappa shape index (κ3) is 4.75. The Morgan fingerprint density at radius 3 is 2.54 bits per heavy atom. The predicted octanol–water partition coefficient (Wildman–Crippen LogP) is 1.56. The van der Waals surface area contributed by atoms with Gasteiger partial charge in [0, 0.05) is 32.2 Å². The number of rotatable bonds is 7. The van der Waals surface area contributed by atoms with E-state index in [1.807, 2.05) is 19.9 Å². The second-order valence-corrected chi connectivity index (χ2v) is 8.60. The summed E-state index contributed by atoms with van der Waals surface area (Å²) in [6, 6.07) is 5.04. The number of nitrogens with one attached hydrogen (secondary N) is 1. The lowest BCUT2D eigenvalue weighted by Crippen LogP contribution is -2.45. The Morgan fingerprint density at radius 1 is 1.31 bits per heavy atom. The highest BCUT2D eigenvalue weighted by atomic mass is 32.2. The smallest absolute Gasteiger partial charge is 0.246 e. The van der Waals surface area contributed by atoms with Crippen LogP contribution in [0.5, 0.6) is 5.75 Å². The number of piperidine rings is 1. The number of hydrogen-bond donors (Lipinski definition) is 1. The van der Waals surface area contributed by atoms with Crippen LogP contribution >= 0.6 is 0 Å². The molecule has 8 heteroatoms. The van der Waals surface area contributed by atoms with E-state index in [0.717, 1.165) is 5.56 Å². The molecule has 7 nitrogen and oxygen atoms in total. The standard InChI is InChI=1S/C18H28N2O5S/c1-13-5-6-16(25-4)17(11-13)26(22,23)20-9-7-15(8-10-20)18(21)19-14(2)12-24-3/h5-6,11,14-15H,7-10,12H2,1-4H3,(H,19,21)/t14-/m1/s1. The van der Waals surface area contributed by atoms with Gasteiger partial charge in [-0.3, -0.25) is 4.79 Å². The van der Waals surface area contributed by atoms with Crippen LogP contribution in [0.3, 0.4) is 0 Å². The van der Waals surface area contributed by atoms with Crippen molar-refractivity contribution >= 4 is 15.9 Å². The number of aryl methyl sites for hydroxylation is 1. The molecule has 0 aliphatic carbocycles. The van der Waals surface area contributed by atoms with E-state index >= 15 is 0 Å². The molecule has 2 rings (SSSR count). The second kappa shape index (κ2) is 8.83. The Morgan fingerprint density at radius 2 is 1.96 bits per heavy atom. The molecule has 1 saturated heterocycles. The molecule has 1 aromatic rings. The van der Waals surface area contributed by atoms with Crippen molar-refractivity contribution in [2.75, 3.05) is 33.9 Å². The van der Waals surface area contributed by atoms with Crippen molar-refractivity contribution in [1.29, 1.82) is 0 Å². The summed E-state index contributed by atoms with van der Waals surface area (Å²) in [6.07, 6.45) is 0.998. The van der Waals surface area contributed by atoms with Gasteiger partial charge in [0.1, 0.15) is 10.6 Å². The Labute approximate surface area is 155 Å². The van der Waals surface area contributed by atoms with Crippen LogP contribution in [0.2, 0.25) is 0 Å². The topological polar surface area (TPSA) is 84.9 Å². The van der Waals surface area contributed by atoms with Gasteiger partial charge >= 0.3 is 0 Å². The van der Waals surface area contributed by atoms with Crippen LogP contribution in [-0.2, 0) is 19.6 Å². The maximum absolute atomic E-state index is 13.0. The van der Waals surface area contributed by atoms with Gasteiger partial charge in [0.05, 0.1) is 13.7 Å².